The number of hydrogen-bond acceptors (Lipinski definition) is 2. The number of aromatic carboxylic acids is 1. The number of hydrogen-bond donors (Lipinski definition) is 1. The van der Waals surface area contributed by atoms with E-state index in [1.165, 1.54) is 0 Å². The van der Waals surface area contributed by atoms with Gasteiger partial charge in [-0.1, -0.05) is 11.6 Å². The summed E-state index contributed by atoms with van der Waals surface area (Å²) in [6.45, 7) is 0. The van der Waals surface area contributed by atoms with Crippen molar-refractivity contribution in [2.45, 2.75) is 6.18 Å². The average Bonchev–Trinajstić information content (AvgIpc) is 2.77. The third kappa shape index (κ3) is 2.70. The standard InChI is InChI=1S/C11H6ClF3N2O2/c12-7-2-1-6(11(13,14)15)3-9(7)17-4-8(10(18)19)16-5-17/h1-5H,(H,18,19). The smallest absolute Gasteiger partial charge is 0.416 e. The van der Waals surface area contributed by atoms with Crippen LogP contribution in [0.3, 0.4) is 0 Å². The van der Waals surface area contributed by atoms with Gasteiger partial charge in [-0.05, 0) is 18.2 Å². The number of imidazole rings is 1. The molecule has 19 heavy (non-hydrogen) atoms. The Balaban J connectivity index is 2.51. The summed E-state index contributed by atoms with van der Waals surface area (Å²) in [5, 5.41) is 8.77. The molecule has 0 aliphatic carbocycles. The summed E-state index contributed by atoms with van der Waals surface area (Å²) in [5.74, 6) is -1.28. The van der Waals surface area contributed by atoms with Crippen molar-refractivity contribution in [3.63, 3.8) is 0 Å². The van der Waals surface area contributed by atoms with E-state index < -0.39 is 17.7 Å². The summed E-state index contributed by atoms with van der Waals surface area (Å²) in [6.07, 6.45) is -2.33. The molecule has 0 spiro atoms. The van der Waals surface area contributed by atoms with Crippen molar-refractivity contribution in [1.29, 1.82) is 0 Å². The van der Waals surface area contributed by atoms with Crippen LogP contribution in [0.4, 0.5) is 13.2 Å². The lowest BCUT2D eigenvalue weighted by molar-refractivity contribution is -0.137. The van der Waals surface area contributed by atoms with Crippen molar-refractivity contribution < 1.29 is 23.1 Å². The summed E-state index contributed by atoms with van der Waals surface area (Å²) < 4.78 is 38.9. The maximum atomic E-state index is 12.6. The molecule has 0 aliphatic heterocycles. The lowest BCUT2D eigenvalue weighted by Gasteiger charge is -2.10. The van der Waals surface area contributed by atoms with Gasteiger partial charge in [-0.2, -0.15) is 13.2 Å². The number of carboxylic acids is 1. The molecule has 0 saturated carbocycles. The van der Waals surface area contributed by atoms with E-state index in [-0.39, 0.29) is 16.4 Å². The van der Waals surface area contributed by atoms with Crippen molar-refractivity contribution >= 4 is 17.6 Å². The van der Waals surface area contributed by atoms with E-state index in [0.717, 1.165) is 35.3 Å². The number of rotatable bonds is 2. The van der Waals surface area contributed by atoms with Crippen molar-refractivity contribution in [2.75, 3.05) is 0 Å². The van der Waals surface area contributed by atoms with E-state index in [9.17, 15) is 18.0 Å². The molecule has 2 rings (SSSR count). The third-order valence-corrected chi connectivity index (χ3v) is 2.67. The highest BCUT2D eigenvalue weighted by Gasteiger charge is 2.31. The monoisotopic (exact) mass is 290 g/mol. The molecule has 0 aliphatic rings. The van der Waals surface area contributed by atoms with Gasteiger partial charge in [0.15, 0.2) is 5.69 Å². The first-order valence-corrected chi connectivity index (χ1v) is 5.31. The van der Waals surface area contributed by atoms with Gasteiger partial charge < -0.3 is 9.67 Å². The van der Waals surface area contributed by atoms with E-state index in [0.29, 0.717) is 0 Å². The maximum Gasteiger partial charge on any atom is 0.416 e. The van der Waals surface area contributed by atoms with Crippen LogP contribution in [0.5, 0.6) is 0 Å². The lowest BCUT2D eigenvalue weighted by Crippen LogP contribution is -2.06. The van der Waals surface area contributed by atoms with E-state index >= 15 is 0 Å². The van der Waals surface area contributed by atoms with Crippen LogP contribution in [0.15, 0.2) is 30.7 Å². The van der Waals surface area contributed by atoms with E-state index in [1.807, 2.05) is 0 Å². The molecule has 0 fully saturated rings. The second kappa shape index (κ2) is 4.58. The number of aromatic nitrogens is 2. The van der Waals surface area contributed by atoms with Crippen LogP contribution < -0.4 is 0 Å². The van der Waals surface area contributed by atoms with E-state index in [4.69, 9.17) is 16.7 Å². The molecule has 4 nitrogen and oxygen atoms in total. The molecule has 1 N–H and O–H groups in total. The topological polar surface area (TPSA) is 55.1 Å². The highest BCUT2D eigenvalue weighted by molar-refractivity contribution is 6.32. The molecule has 1 aromatic heterocycles. The zero-order valence-corrected chi connectivity index (χ0v) is 9.90. The molecule has 1 aromatic carbocycles. The second-order valence-corrected chi connectivity index (χ2v) is 4.04. The van der Waals surface area contributed by atoms with Crippen LogP contribution in [-0.4, -0.2) is 20.6 Å². The van der Waals surface area contributed by atoms with Gasteiger partial charge in [0.05, 0.1) is 16.3 Å². The summed E-state index contributed by atoms with van der Waals surface area (Å²) in [7, 11) is 0. The Hall–Kier alpha value is -2.02. The fourth-order valence-corrected chi connectivity index (χ4v) is 1.67. The van der Waals surface area contributed by atoms with E-state index in [1.54, 1.807) is 0 Å². The van der Waals surface area contributed by atoms with Crippen molar-refractivity contribution in [3.05, 3.63) is 47.0 Å². The predicted octanol–water partition coefficient (Wildman–Crippen LogP) is 3.24. The Morgan fingerprint density at radius 1 is 1.37 bits per heavy atom. The van der Waals surface area contributed by atoms with Gasteiger partial charge in [0, 0.05) is 6.20 Å². The number of benzene rings is 1. The number of halogens is 4. The molecule has 0 bridgehead atoms. The molecule has 0 atom stereocenters. The lowest BCUT2D eigenvalue weighted by atomic mass is 10.2. The minimum Gasteiger partial charge on any atom is -0.476 e. The first-order chi connectivity index (χ1) is 8.79. The SMILES string of the molecule is O=C(O)c1cn(-c2cc(C(F)(F)F)ccc2Cl)cn1. The molecule has 8 heteroatoms. The van der Waals surface area contributed by atoms with Crippen LogP contribution in [0.25, 0.3) is 5.69 Å². The fourth-order valence-electron chi connectivity index (χ4n) is 1.45. The van der Waals surface area contributed by atoms with Crippen LogP contribution in [0, 0.1) is 0 Å². The number of nitrogens with zero attached hydrogens (tertiary/aromatic N) is 2. The molecule has 2 aromatic rings. The molecule has 100 valence electrons. The third-order valence-electron chi connectivity index (χ3n) is 2.35. The number of carbonyl (C=O) groups is 1. The highest BCUT2D eigenvalue weighted by Crippen LogP contribution is 2.33. The first kappa shape index (κ1) is 13.4. The highest BCUT2D eigenvalue weighted by atomic mass is 35.5. The Morgan fingerprint density at radius 3 is 2.58 bits per heavy atom. The summed E-state index contributed by atoms with van der Waals surface area (Å²) in [4.78, 5) is 14.2. The Labute approximate surface area is 110 Å². The Morgan fingerprint density at radius 2 is 2.05 bits per heavy atom. The first-order valence-electron chi connectivity index (χ1n) is 4.93. The molecule has 0 amide bonds. The van der Waals surface area contributed by atoms with Gasteiger partial charge in [-0.25, -0.2) is 9.78 Å². The molecular formula is C11H6ClF3N2O2. The molecule has 0 saturated heterocycles. The number of alkyl halides is 3. The van der Waals surface area contributed by atoms with Gasteiger partial charge in [0.2, 0.25) is 0 Å². The molecule has 0 unspecified atom stereocenters. The second-order valence-electron chi connectivity index (χ2n) is 3.64. The largest absolute Gasteiger partial charge is 0.476 e. The minimum absolute atomic E-state index is 0.0106. The van der Waals surface area contributed by atoms with Gasteiger partial charge in [-0.3, -0.25) is 0 Å². The summed E-state index contributed by atoms with van der Waals surface area (Å²) in [5.41, 5.74) is -1.15. The normalized spacial score (nSPS) is 11.6. The van der Waals surface area contributed by atoms with Crippen LogP contribution >= 0.6 is 11.6 Å². The molecule has 0 radical (unpaired) electrons. The van der Waals surface area contributed by atoms with Crippen LogP contribution in [-0.2, 0) is 6.18 Å². The van der Waals surface area contributed by atoms with Crippen LogP contribution in [0.2, 0.25) is 5.02 Å². The fraction of sp³-hybridized carbons (Fsp3) is 0.0909. The average molecular weight is 291 g/mol. The zero-order valence-electron chi connectivity index (χ0n) is 9.15. The van der Waals surface area contributed by atoms with E-state index in [2.05, 4.69) is 4.98 Å². The predicted molar refractivity (Wildman–Crippen MR) is 60.5 cm³/mol. The number of carboxylic acid groups (broad SMARTS) is 1. The van der Waals surface area contributed by atoms with Crippen molar-refractivity contribution in [2.24, 2.45) is 0 Å². The van der Waals surface area contributed by atoms with Gasteiger partial charge in [0.25, 0.3) is 0 Å². The Kier molecular flexibility index (Phi) is 3.23. The molecular weight excluding hydrogens is 285 g/mol. The van der Waals surface area contributed by atoms with Gasteiger partial charge in [-0.15, -0.1) is 0 Å². The van der Waals surface area contributed by atoms with Gasteiger partial charge in [0.1, 0.15) is 6.33 Å². The van der Waals surface area contributed by atoms with Crippen molar-refractivity contribution in [1.82, 2.24) is 9.55 Å². The quantitative estimate of drug-likeness (QED) is 0.924. The minimum atomic E-state index is -4.50. The Bertz CT molecular complexity index is 637. The maximum absolute atomic E-state index is 12.6. The van der Waals surface area contributed by atoms with Crippen LogP contribution in [0.1, 0.15) is 16.1 Å². The van der Waals surface area contributed by atoms with Crippen molar-refractivity contribution in [3.8, 4) is 5.69 Å². The summed E-state index contributed by atoms with van der Waals surface area (Å²) in [6, 6.07) is 2.77. The molecule has 1 heterocycles. The van der Waals surface area contributed by atoms with Gasteiger partial charge >= 0.3 is 12.1 Å². The summed E-state index contributed by atoms with van der Waals surface area (Å²) >= 11 is 5.81. The zero-order chi connectivity index (χ0) is 14.2.